The van der Waals surface area contributed by atoms with Gasteiger partial charge in [0.05, 0.1) is 26.9 Å². The lowest BCUT2D eigenvalue weighted by molar-refractivity contribution is -0.135. The van der Waals surface area contributed by atoms with Gasteiger partial charge in [0.15, 0.2) is 0 Å². The highest BCUT2D eigenvalue weighted by atomic mass is 32.1. The van der Waals surface area contributed by atoms with Gasteiger partial charge in [0, 0.05) is 11.1 Å². The maximum atomic E-state index is 5.65. The van der Waals surface area contributed by atoms with E-state index in [-0.39, 0.29) is 6.10 Å². The van der Waals surface area contributed by atoms with Crippen molar-refractivity contribution >= 4 is 17.2 Å². The summed E-state index contributed by atoms with van der Waals surface area (Å²) in [6, 6.07) is 5.60. The molecule has 0 aliphatic carbocycles. The second kappa shape index (κ2) is 5.44. The molecule has 17 heavy (non-hydrogen) atoms. The first-order valence-corrected chi connectivity index (χ1v) is 5.77. The largest absolute Gasteiger partial charge is 0.496 e. The van der Waals surface area contributed by atoms with E-state index in [9.17, 15) is 0 Å². The lowest BCUT2D eigenvalue weighted by Crippen LogP contribution is -2.35. The molecule has 1 aliphatic heterocycles. The fourth-order valence-electron chi connectivity index (χ4n) is 1.56. The van der Waals surface area contributed by atoms with Crippen LogP contribution in [0.1, 0.15) is 11.1 Å². The van der Waals surface area contributed by atoms with Crippen molar-refractivity contribution in [2.45, 2.75) is 12.7 Å². The molecule has 5 heteroatoms. The van der Waals surface area contributed by atoms with Crippen LogP contribution in [0.2, 0.25) is 0 Å². The molecular weight excluding hydrogens is 238 g/mol. The number of rotatable bonds is 5. The Balaban J connectivity index is 2.10. The first kappa shape index (κ1) is 12.3. The molecule has 1 fully saturated rings. The average molecular weight is 253 g/mol. The van der Waals surface area contributed by atoms with E-state index in [1.54, 1.807) is 7.11 Å². The quantitative estimate of drug-likeness (QED) is 0.800. The minimum absolute atomic E-state index is 0.188. The van der Waals surface area contributed by atoms with Crippen LogP contribution in [0.5, 0.6) is 5.75 Å². The second-order valence-electron chi connectivity index (χ2n) is 3.86. The van der Waals surface area contributed by atoms with E-state index in [0.29, 0.717) is 24.8 Å². The van der Waals surface area contributed by atoms with Crippen LogP contribution < -0.4 is 10.5 Å². The van der Waals surface area contributed by atoms with Crippen molar-refractivity contribution in [1.82, 2.24) is 0 Å². The van der Waals surface area contributed by atoms with Gasteiger partial charge in [-0.15, -0.1) is 0 Å². The molecule has 1 heterocycles. The smallest absolute Gasteiger partial charge is 0.124 e. The van der Waals surface area contributed by atoms with Crippen molar-refractivity contribution in [2.75, 3.05) is 20.3 Å². The molecule has 0 saturated carbocycles. The molecule has 0 radical (unpaired) electrons. The maximum absolute atomic E-state index is 5.65. The highest BCUT2D eigenvalue weighted by Gasteiger charge is 2.19. The summed E-state index contributed by atoms with van der Waals surface area (Å²) in [6.45, 7) is 1.81. The van der Waals surface area contributed by atoms with Gasteiger partial charge < -0.3 is 19.9 Å². The van der Waals surface area contributed by atoms with Crippen molar-refractivity contribution in [3.63, 3.8) is 0 Å². The van der Waals surface area contributed by atoms with Gasteiger partial charge in [-0.05, 0) is 18.2 Å². The number of thiocarbonyl (C=S) groups is 1. The van der Waals surface area contributed by atoms with Gasteiger partial charge in [0.25, 0.3) is 0 Å². The Hall–Kier alpha value is -1.17. The summed E-state index contributed by atoms with van der Waals surface area (Å²) in [5.41, 5.74) is 7.37. The number of ether oxygens (including phenoxy) is 3. The maximum Gasteiger partial charge on any atom is 0.124 e. The normalized spacial score (nSPS) is 15.4. The third kappa shape index (κ3) is 2.94. The summed E-state index contributed by atoms with van der Waals surface area (Å²) < 4.78 is 16.0. The highest BCUT2D eigenvalue weighted by Crippen LogP contribution is 2.22. The first-order chi connectivity index (χ1) is 8.20. The number of benzene rings is 1. The van der Waals surface area contributed by atoms with E-state index in [1.165, 1.54) is 0 Å². The number of hydrogen-bond donors (Lipinski definition) is 1. The molecule has 2 N–H and O–H groups in total. The predicted octanol–water partition coefficient (Wildman–Crippen LogP) is 1.24. The number of hydrogen-bond acceptors (Lipinski definition) is 4. The Morgan fingerprint density at radius 2 is 2.29 bits per heavy atom. The topological polar surface area (TPSA) is 53.7 Å². The summed E-state index contributed by atoms with van der Waals surface area (Å²) in [6.07, 6.45) is 0.188. The summed E-state index contributed by atoms with van der Waals surface area (Å²) in [4.78, 5) is 0.376. The van der Waals surface area contributed by atoms with Crippen LogP contribution >= 0.6 is 12.2 Å². The summed E-state index contributed by atoms with van der Waals surface area (Å²) in [7, 11) is 1.63. The van der Waals surface area contributed by atoms with E-state index >= 15 is 0 Å². The van der Waals surface area contributed by atoms with Gasteiger partial charge in [-0.3, -0.25) is 0 Å². The third-order valence-corrected chi connectivity index (χ3v) is 2.88. The summed E-state index contributed by atoms with van der Waals surface area (Å²) in [5, 5.41) is 0. The van der Waals surface area contributed by atoms with Gasteiger partial charge in [-0.2, -0.15) is 0 Å². The zero-order chi connectivity index (χ0) is 12.3. The zero-order valence-electron chi connectivity index (χ0n) is 9.64. The van der Waals surface area contributed by atoms with E-state index in [0.717, 1.165) is 16.9 Å². The Morgan fingerprint density at radius 1 is 1.53 bits per heavy atom. The molecule has 1 aromatic rings. The molecule has 0 amide bonds. The fraction of sp³-hybridized carbons (Fsp3) is 0.417. The van der Waals surface area contributed by atoms with Crippen molar-refractivity contribution in [3.8, 4) is 5.75 Å². The van der Waals surface area contributed by atoms with Crippen LogP contribution in [0.3, 0.4) is 0 Å². The van der Waals surface area contributed by atoms with E-state index in [4.69, 9.17) is 32.2 Å². The van der Waals surface area contributed by atoms with Gasteiger partial charge in [0.2, 0.25) is 0 Å². The van der Waals surface area contributed by atoms with Crippen LogP contribution in [0, 0.1) is 0 Å². The molecule has 1 aliphatic rings. The number of nitrogens with two attached hydrogens (primary N) is 1. The molecule has 0 spiro atoms. The van der Waals surface area contributed by atoms with Crippen LogP contribution in [-0.4, -0.2) is 31.4 Å². The highest BCUT2D eigenvalue weighted by molar-refractivity contribution is 7.80. The molecule has 0 unspecified atom stereocenters. The Labute approximate surface area is 106 Å². The molecule has 0 atom stereocenters. The van der Waals surface area contributed by atoms with Gasteiger partial charge in [0.1, 0.15) is 16.8 Å². The van der Waals surface area contributed by atoms with Crippen LogP contribution in [0.25, 0.3) is 0 Å². The Kier molecular flexibility index (Phi) is 3.93. The van der Waals surface area contributed by atoms with Gasteiger partial charge in [-0.1, -0.05) is 12.2 Å². The van der Waals surface area contributed by atoms with E-state index in [2.05, 4.69) is 0 Å². The van der Waals surface area contributed by atoms with Crippen molar-refractivity contribution in [1.29, 1.82) is 0 Å². The van der Waals surface area contributed by atoms with Crippen molar-refractivity contribution < 1.29 is 14.2 Å². The minimum Gasteiger partial charge on any atom is -0.496 e. The average Bonchev–Trinajstić information content (AvgIpc) is 2.26. The van der Waals surface area contributed by atoms with Crippen LogP contribution in [0.15, 0.2) is 18.2 Å². The predicted molar refractivity (Wildman–Crippen MR) is 68.3 cm³/mol. The standard InChI is InChI=1S/C12H15NO3S/c1-14-11-3-2-8(12(13)17)4-9(11)5-16-10-6-15-7-10/h2-4,10H,5-7H2,1H3,(H2,13,17). The molecule has 92 valence electrons. The van der Waals surface area contributed by atoms with Gasteiger partial charge >= 0.3 is 0 Å². The lowest BCUT2D eigenvalue weighted by Gasteiger charge is -2.26. The molecule has 1 saturated heterocycles. The first-order valence-electron chi connectivity index (χ1n) is 5.36. The Bertz CT molecular complexity index is 418. The van der Waals surface area contributed by atoms with Crippen molar-refractivity contribution in [3.05, 3.63) is 29.3 Å². The summed E-state index contributed by atoms with van der Waals surface area (Å²) in [5.74, 6) is 0.783. The SMILES string of the molecule is COc1ccc(C(N)=S)cc1COC1COC1. The molecule has 2 rings (SSSR count). The molecule has 4 nitrogen and oxygen atoms in total. The minimum atomic E-state index is 0.188. The zero-order valence-corrected chi connectivity index (χ0v) is 10.5. The Morgan fingerprint density at radius 3 is 2.82 bits per heavy atom. The second-order valence-corrected chi connectivity index (χ2v) is 4.30. The van der Waals surface area contributed by atoms with E-state index in [1.807, 2.05) is 18.2 Å². The monoisotopic (exact) mass is 253 g/mol. The van der Waals surface area contributed by atoms with Crippen LogP contribution in [-0.2, 0) is 16.1 Å². The molecule has 1 aromatic carbocycles. The molecular formula is C12H15NO3S. The number of methoxy groups -OCH3 is 1. The van der Waals surface area contributed by atoms with Crippen molar-refractivity contribution in [2.24, 2.45) is 5.73 Å². The molecule has 0 aromatic heterocycles. The third-order valence-electron chi connectivity index (χ3n) is 2.65. The molecule has 0 bridgehead atoms. The lowest BCUT2D eigenvalue weighted by atomic mass is 10.1. The summed E-state index contributed by atoms with van der Waals surface area (Å²) >= 11 is 4.95. The van der Waals surface area contributed by atoms with Gasteiger partial charge in [-0.25, -0.2) is 0 Å². The van der Waals surface area contributed by atoms with Crippen LogP contribution in [0.4, 0.5) is 0 Å². The fourth-order valence-corrected chi connectivity index (χ4v) is 1.69. The van der Waals surface area contributed by atoms with E-state index < -0.39 is 0 Å².